The summed E-state index contributed by atoms with van der Waals surface area (Å²) in [6, 6.07) is 0. The lowest BCUT2D eigenvalue weighted by atomic mass is 10.3. The molecule has 0 radical (unpaired) electrons. The van der Waals surface area contributed by atoms with Crippen LogP contribution in [-0.4, -0.2) is 42.6 Å². The Morgan fingerprint density at radius 1 is 1.29 bits per heavy atom. The van der Waals surface area contributed by atoms with Crippen LogP contribution in [-0.2, 0) is 25.4 Å². The zero-order valence-corrected chi connectivity index (χ0v) is 14.9. The van der Waals surface area contributed by atoms with Crippen LogP contribution in [0.5, 0.6) is 0 Å². The Morgan fingerprint density at radius 3 is 2.46 bits per heavy atom. The molecule has 2 rings (SSSR count). The van der Waals surface area contributed by atoms with Crippen LogP contribution >= 0.6 is 11.6 Å². The van der Waals surface area contributed by atoms with Crippen molar-refractivity contribution in [3.05, 3.63) is 38.3 Å². The Morgan fingerprint density at radius 2 is 1.92 bits per heavy atom. The van der Waals surface area contributed by atoms with Gasteiger partial charge in [-0.1, -0.05) is 12.2 Å². The molecule has 0 saturated heterocycles. The monoisotopic (exact) mass is 353 g/mol. The van der Waals surface area contributed by atoms with E-state index in [1.807, 2.05) is 13.8 Å². The van der Waals surface area contributed by atoms with Crippen LogP contribution in [0, 0.1) is 0 Å². The normalized spacial score (nSPS) is 11.0. The predicted octanol–water partition coefficient (Wildman–Crippen LogP) is 0.512. The van der Waals surface area contributed by atoms with Gasteiger partial charge in [0.05, 0.1) is 0 Å². The molecule has 1 amide bonds. The summed E-state index contributed by atoms with van der Waals surface area (Å²) < 4.78 is 3.53. The third-order valence-electron chi connectivity index (χ3n) is 3.79. The maximum absolute atomic E-state index is 12.5. The van der Waals surface area contributed by atoms with Crippen LogP contribution in [0.25, 0.3) is 11.2 Å². The van der Waals surface area contributed by atoms with Gasteiger partial charge in [0.15, 0.2) is 11.2 Å². The van der Waals surface area contributed by atoms with E-state index in [0.717, 1.165) is 10.1 Å². The fraction of sp³-hybridized carbons (Fsp3) is 0.467. The van der Waals surface area contributed by atoms with E-state index in [0.29, 0.717) is 13.1 Å². The number of amides is 1. The van der Waals surface area contributed by atoms with Gasteiger partial charge in [0.2, 0.25) is 11.2 Å². The van der Waals surface area contributed by atoms with Crippen molar-refractivity contribution in [1.82, 2.24) is 23.6 Å². The van der Waals surface area contributed by atoms with Gasteiger partial charge in [0.25, 0.3) is 5.56 Å². The highest BCUT2D eigenvalue weighted by Gasteiger charge is 2.21. The molecular formula is C15H20ClN5O3. The van der Waals surface area contributed by atoms with Crippen LogP contribution in [0.15, 0.2) is 21.7 Å². The summed E-state index contributed by atoms with van der Waals surface area (Å²) in [7, 11) is 2.87. The first kappa shape index (κ1) is 18.0. The number of fused-ring (bicyclic) bond motifs is 1. The third-order valence-corrected chi connectivity index (χ3v) is 4.08. The average molecular weight is 354 g/mol. The molecule has 0 unspecified atom stereocenters. The minimum atomic E-state index is -0.539. The molecule has 2 heterocycles. The van der Waals surface area contributed by atoms with Crippen LogP contribution in [0.4, 0.5) is 0 Å². The fourth-order valence-electron chi connectivity index (χ4n) is 2.50. The molecule has 2 aromatic heterocycles. The molecule has 0 bridgehead atoms. The van der Waals surface area contributed by atoms with Crippen molar-refractivity contribution >= 4 is 28.7 Å². The highest BCUT2D eigenvalue weighted by atomic mass is 35.5. The van der Waals surface area contributed by atoms with E-state index in [9.17, 15) is 14.4 Å². The lowest BCUT2D eigenvalue weighted by Gasteiger charge is -2.21. The maximum Gasteiger partial charge on any atom is 0.332 e. The highest BCUT2D eigenvalue weighted by molar-refractivity contribution is 6.29. The molecule has 0 saturated carbocycles. The first-order valence-corrected chi connectivity index (χ1v) is 7.80. The number of carbonyl (C=O) groups is 1. The van der Waals surface area contributed by atoms with E-state index in [4.69, 9.17) is 11.6 Å². The molecule has 2 aromatic rings. The summed E-state index contributed by atoms with van der Waals surface area (Å²) in [5, 5.41) is -0.0111. The van der Waals surface area contributed by atoms with Gasteiger partial charge < -0.3 is 4.90 Å². The van der Waals surface area contributed by atoms with Crippen molar-refractivity contribution in [2.24, 2.45) is 14.1 Å². The number of hydrogen-bond acceptors (Lipinski definition) is 4. The van der Waals surface area contributed by atoms with Crippen molar-refractivity contribution in [1.29, 1.82) is 0 Å². The van der Waals surface area contributed by atoms with Crippen LogP contribution < -0.4 is 11.2 Å². The molecule has 130 valence electrons. The summed E-state index contributed by atoms with van der Waals surface area (Å²) in [5.74, 6) is -0.211. The van der Waals surface area contributed by atoms with Gasteiger partial charge in [-0.15, -0.1) is 0 Å². The molecule has 0 atom stereocenters. The van der Waals surface area contributed by atoms with Crippen molar-refractivity contribution in [2.75, 3.05) is 13.1 Å². The van der Waals surface area contributed by atoms with E-state index >= 15 is 0 Å². The number of aromatic nitrogens is 4. The zero-order valence-electron chi connectivity index (χ0n) is 14.2. The van der Waals surface area contributed by atoms with Gasteiger partial charge >= 0.3 is 5.69 Å². The minimum Gasteiger partial charge on any atom is -0.337 e. The molecule has 0 aliphatic carbocycles. The standard InChI is InChI=1S/C15H20ClN5O3/c1-6-20(7-9(2)3)10(22)8-21-11-12(17-14(21)16)18(4)15(24)19(5)13(11)23/h2,6-8H2,1,3-5H3. The Kier molecular flexibility index (Phi) is 4.98. The second-order valence-corrected chi connectivity index (χ2v) is 6.05. The lowest BCUT2D eigenvalue weighted by Crippen LogP contribution is -2.39. The quantitative estimate of drug-likeness (QED) is 0.579. The van der Waals surface area contributed by atoms with Crippen molar-refractivity contribution in [3.63, 3.8) is 0 Å². The van der Waals surface area contributed by atoms with Gasteiger partial charge in [0, 0.05) is 27.2 Å². The number of likely N-dealkylation sites (N-methyl/N-ethyl adjacent to an activating group) is 1. The number of halogens is 1. The smallest absolute Gasteiger partial charge is 0.332 e. The first-order chi connectivity index (χ1) is 11.2. The topological polar surface area (TPSA) is 82.1 Å². The Labute approximate surface area is 143 Å². The molecule has 0 aliphatic rings. The molecule has 0 fully saturated rings. The summed E-state index contributed by atoms with van der Waals surface area (Å²) in [6.45, 7) is 8.30. The van der Waals surface area contributed by atoms with Gasteiger partial charge in [-0.25, -0.2) is 4.79 Å². The summed E-state index contributed by atoms with van der Waals surface area (Å²) in [6.07, 6.45) is 0. The summed E-state index contributed by atoms with van der Waals surface area (Å²) >= 11 is 6.11. The lowest BCUT2D eigenvalue weighted by molar-refractivity contribution is -0.131. The second kappa shape index (κ2) is 6.64. The Balaban J connectivity index is 2.56. The van der Waals surface area contributed by atoms with Crippen molar-refractivity contribution in [2.45, 2.75) is 20.4 Å². The number of carbonyl (C=O) groups excluding carboxylic acids is 1. The molecule has 0 aromatic carbocycles. The molecule has 0 aliphatic heterocycles. The SMILES string of the molecule is C=C(C)CN(CC)C(=O)Cn1c(Cl)nc2c1c(=O)n(C)c(=O)n2C. The van der Waals surface area contributed by atoms with E-state index in [2.05, 4.69) is 11.6 Å². The third kappa shape index (κ3) is 3.01. The fourth-order valence-corrected chi connectivity index (χ4v) is 2.73. The van der Waals surface area contributed by atoms with Gasteiger partial charge in [0.1, 0.15) is 6.54 Å². The second-order valence-electron chi connectivity index (χ2n) is 5.71. The maximum atomic E-state index is 12.5. The predicted molar refractivity (Wildman–Crippen MR) is 92.3 cm³/mol. The zero-order chi connectivity index (χ0) is 18.2. The van der Waals surface area contributed by atoms with E-state index in [1.54, 1.807) is 4.90 Å². The molecule has 24 heavy (non-hydrogen) atoms. The van der Waals surface area contributed by atoms with E-state index in [-0.39, 0.29) is 28.9 Å². The van der Waals surface area contributed by atoms with Gasteiger partial charge in [-0.3, -0.25) is 23.3 Å². The van der Waals surface area contributed by atoms with Gasteiger partial charge in [-0.2, -0.15) is 4.98 Å². The minimum absolute atomic E-state index is 0.0111. The van der Waals surface area contributed by atoms with Crippen LogP contribution in [0.1, 0.15) is 13.8 Å². The van der Waals surface area contributed by atoms with Crippen LogP contribution in [0.3, 0.4) is 0 Å². The summed E-state index contributed by atoms with van der Waals surface area (Å²) in [4.78, 5) is 42.6. The molecular weight excluding hydrogens is 334 g/mol. The molecule has 0 spiro atoms. The van der Waals surface area contributed by atoms with Crippen LogP contribution in [0.2, 0.25) is 5.28 Å². The van der Waals surface area contributed by atoms with Gasteiger partial charge in [-0.05, 0) is 25.4 Å². The number of rotatable bonds is 5. The number of aryl methyl sites for hydroxylation is 1. The van der Waals surface area contributed by atoms with Crippen molar-refractivity contribution < 1.29 is 4.79 Å². The number of imidazole rings is 1. The summed E-state index contributed by atoms with van der Waals surface area (Å²) in [5.41, 5.74) is 0.0964. The first-order valence-electron chi connectivity index (χ1n) is 7.42. The largest absolute Gasteiger partial charge is 0.337 e. The van der Waals surface area contributed by atoms with E-state index in [1.165, 1.54) is 23.2 Å². The Hall–Kier alpha value is -2.35. The number of nitrogens with zero attached hydrogens (tertiary/aromatic N) is 5. The Bertz CT molecular complexity index is 937. The average Bonchev–Trinajstić information content (AvgIpc) is 2.85. The molecule has 9 heteroatoms. The van der Waals surface area contributed by atoms with Crippen molar-refractivity contribution in [3.8, 4) is 0 Å². The highest BCUT2D eigenvalue weighted by Crippen LogP contribution is 2.16. The number of hydrogen-bond donors (Lipinski definition) is 0. The van der Waals surface area contributed by atoms with E-state index < -0.39 is 11.2 Å². The molecule has 8 nitrogen and oxygen atoms in total. The molecule has 0 N–H and O–H groups in total.